The molecule has 0 radical (unpaired) electrons. The summed E-state index contributed by atoms with van der Waals surface area (Å²) in [6.07, 6.45) is 4.80. The minimum atomic E-state index is -0.188. The molecule has 0 bridgehead atoms. The molecule has 1 aliphatic heterocycles. The first-order valence-corrected chi connectivity index (χ1v) is 7.46. The zero-order valence-corrected chi connectivity index (χ0v) is 12.7. The van der Waals surface area contributed by atoms with E-state index in [0.717, 1.165) is 26.1 Å². The molecule has 1 aliphatic rings. The number of nitrogens with one attached hydrogen (secondary N) is 2. The molecule has 2 heterocycles. The van der Waals surface area contributed by atoms with Crippen molar-refractivity contribution in [2.45, 2.75) is 32.5 Å². The topological polar surface area (TPSA) is 66.5 Å². The Morgan fingerprint density at radius 3 is 2.86 bits per heavy atom. The molecule has 2 amide bonds. The summed E-state index contributed by atoms with van der Waals surface area (Å²) in [6, 6.07) is 3.41. The highest BCUT2D eigenvalue weighted by Crippen LogP contribution is 2.10. The van der Waals surface area contributed by atoms with Crippen LogP contribution in [-0.4, -0.2) is 54.3 Å². The highest BCUT2D eigenvalue weighted by Gasteiger charge is 2.21. The van der Waals surface area contributed by atoms with Gasteiger partial charge >= 0.3 is 6.03 Å². The third-order valence-electron chi connectivity index (χ3n) is 3.35. The molecule has 116 valence electrons. The normalized spacial score (nSPS) is 22.8. The molecule has 1 saturated heterocycles. The number of carbonyl (C=O) groups is 1. The number of hydrogen-bond donors (Lipinski definition) is 2. The maximum Gasteiger partial charge on any atom is 0.319 e. The molecule has 6 heteroatoms. The van der Waals surface area contributed by atoms with Gasteiger partial charge in [-0.1, -0.05) is 0 Å². The lowest BCUT2D eigenvalue weighted by Crippen LogP contribution is -2.46. The molecule has 1 aromatic rings. The summed E-state index contributed by atoms with van der Waals surface area (Å²) < 4.78 is 5.70. The molecule has 1 fully saturated rings. The number of rotatable bonds is 5. The summed E-state index contributed by atoms with van der Waals surface area (Å²) in [5.41, 5.74) is 0.700. The second kappa shape index (κ2) is 7.95. The van der Waals surface area contributed by atoms with Crippen molar-refractivity contribution in [3.05, 3.63) is 24.5 Å². The van der Waals surface area contributed by atoms with Crippen LogP contribution in [-0.2, 0) is 4.74 Å². The van der Waals surface area contributed by atoms with E-state index in [4.69, 9.17) is 4.74 Å². The Balaban J connectivity index is 1.60. The third kappa shape index (κ3) is 5.69. The first-order valence-electron chi connectivity index (χ1n) is 7.46. The maximum atomic E-state index is 11.7. The van der Waals surface area contributed by atoms with Gasteiger partial charge < -0.3 is 15.4 Å². The summed E-state index contributed by atoms with van der Waals surface area (Å²) in [5.74, 6) is 0. The average molecular weight is 292 g/mol. The zero-order chi connectivity index (χ0) is 15.1. The van der Waals surface area contributed by atoms with E-state index in [1.807, 2.05) is 6.07 Å². The van der Waals surface area contributed by atoms with Crippen molar-refractivity contribution >= 4 is 11.7 Å². The molecule has 0 spiro atoms. The quantitative estimate of drug-likeness (QED) is 0.811. The summed E-state index contributed by atoms with van der Waals surface area (Å²) in [7, 11) is 0. The molecule has 2 N–H and O–H groups in total. The van der Waals surface area contributed by atoms with Gasteiger partial charge in [-0.25, -0.2) is 4.79 Å². The number of nitrogens with zero attached hydrogens (tertiary/aromatic N) is 2. The van der Waals surface area contributed by atoms with Crippen molar-refractivity contribution in [3.63, 3.8) is 0 Å². The summed E-state index contributed by atoms with van der Waals surface area (Å²) in [4.78, 5) is 18.0. The van der Waals surface area contributed by atoms with Crippen LogP contribution in [0.1, 0.15) is 20.3 Å². The number of hydrogen-bond acceptors (Lipinski definition) is 4. The lowest BCUT2D eigenvalue weighted by molar-refractivity contribution is -0.0679. The van der Waals surface area contributed by atoms with E-state index >= 15 is 0 Å². The Morgan fingerprint density at radius 2 is 2.19 bits per heavy atom. The number of urea groups is 1. The number of aromatic nitrogens is 1. The van der Waals surface area contributed by atoms with E-state index in [0.29, 0.717) is 12.2 Å². The molecular formula is C15H24N4O2. The zero-order valence-electron chi connectivity index (χ0n) is 12.7. The fourth-order valence-electron chi connectivity index (χ4n) is 2.58. The Labute approximate surface area is 125 Å². The highest BCUT2D eigenvalue weighted by atomic mass is 16.5. The molecule has 0 aromatic carbocycles. The van der Waals surface area contributed by atoms with Crippen LogP contribution in [0.25, 0.3) is 0 Å². The fourth-order valence-corrected chi connectivity index (χ4v) is 2.58. The number of carbonyl (C=O) groups excluding carboxylic acids is 1. The lowest BCUT2D eigenvalue weighted by Gasteiger charge is -2.35. The van der Waals surface area contributed by atoms with Crippen molar-refractivity contribution in [3.8, 4) is 0 Å². The number of pyridine rings is 1. The Bertz CT molecular complexity index is 431. The van der Waals surface area contributed by atoms with Gasteiger partial charge in [0.05, 0.1) is 24.1 Å². The predicted molar refractivity (Wildman–Crippen MR) is 82.3 cm³/mol. The fraction of sp³-hybridized carbons (Fsp3) is 0.600. The van der Waals surface area contributed by atoms with Crippen LogP contribution in [0.4, 0.5) is 10.5 Å². The van der Waals surface area contributed by atoms with Crippen molar-refractivity contribution in [2.75, 3.05) is 31.5 Å². The Kier molecular flexibility index (Phi) is 5.95. The molecule has 21 heavy (non-hydrogen) atoms. The average Bonchev–Trinajstić information content (AvgIpc) is 2.44. The first kappa shape index (κ1) is 15.7. The third-order valence-corrected chi connectivity index (χ3v) is 3.35. The molecule has 2 atom stereocenters. The van der Waals surface area contributed by atoms with Crippen LogP contribution in [0.15, 0.2) is 24.5 Å². The number of ether oxygens (including phenoxy) is 1. The highest BCUT2D eigenvalue weighted by molar-refractivity contribution is 5.88. The number of amides is 2. The van der Waals surface area contributed by atoms with Gasteiger partial charge in [-0.05, 0) is 32.4 Å². The predicted octanol–water partition coefficient (Wildman–Crippen LogP) is 1.70. The Hall–Kier alpha value is -1.66. The van der Waals surface area contributed by atoms with Gasteiger partial charge in [-0.15, -0.1) is 0 Å². The minimum Gasteiger partial charge on any atom is -0.373 e. The monoisotopic (exact) mass is 292 g/mol. The van der Waals surface area contributed by atoms with Crippen molar-refractivity contribution in [1.29, 1.82) is 0 Å². The second-order valence-corrected chi connectivity index (χ2v) is 5.49. The SMILES string of the molecule is C[C@@H]1CN(CCCNC(=O)Nc2cccnc2)C[C@H](C)O1. The van der Waals surface area contributed by atoms with Crippen LogP contribution in [0.3, 0.4) is 0 Å². The Morgan fingerprint density at radius 1 is 1.43 bits per heavy atom. The van der Waals surface area contributed by atoms with E-state index in [1.165, 1.54) is 0 Å². The van der Waals surface area contributed by atoms with Gasteiger partial charge in [0.1, 0.15) is 0 Å². The van der Waals surface area contributed by atoms with Crippen LogP contribution in [0.5, 0.6) is 0 Å². The molecule has 2 rings (SSSR count). The summed E-state index contributed by atoms with van der Waals surface area (Å²) in [6.45, 7) is 7.76. The van der Waals surface area contributed by atoms with Crippen LogP contribution < -0.4 is 10.6 Å². The standard InChI is InChI=1S/C15H24N4O2/c1-12-10-19(11-13(2)21-12)8-4-7-17-15(20)18-14-5-3-6-16-9-14/h3,5-6,9,12-13H,4,7-8,10-11H2,1-2H3,(H2,17,18,20)/t12-,13+. The number of morpholine rings is 1. The summed E-state index contributed by atoms with van der Waals surface area (Å²) >= 11 is 0. The smallest absolute Gasteiger partial charge is 0.319 e. The maximum absolute atomic E-state index is 11.7. The van der Waals surface area contributed by atoms with E-state index in [1.54, 1.807) is 18.5 Å². The molecular weight excluding hydrogens is 268 g/mol. The van der Waals surface area contributed by atoms with Gasteiger partial charge in [0.2, 0.25) is 0 Å². The van der Waals surface area contributed by atoms with Gasteiger partial charge in [0.25, 0.3) is 0 Å². The van der Waals surface area contributed by atoms with Gasteiger partial charge in [0.15, 0.2) is 0 Å². The first-order chi connectivity index (χ1) is 10.1. The van der Waals surface area contributed by atoms with Crippen molar-refractivity contribution in [2.24, 2.45) is 0 Å². The van der Waals surface area contributed by atoms with E-state index < -0.39 is 0 Å². The van der Waals surface area contributed by atoms with Crippen molar-refractivity contribution in [1.82, 2.24) is 15.2 Å². The molecule has 0 saturated carbocycles. The summed E-state index contributed by atoms with van der Waals surface area (Å²) in [5, 5.41) is 5.61. The van der Waals surface area contributed by atoms with Crippen LogP contribution in [0, 0.1) is 0 Å². The lowest BCUT2D eigenvalue weighted by atomic mass is 10.2. The van der Waals surface area contributed by atoms with E-state index in [9.17, 15) is 4.79 Å². The van der Waals surface area contributed by atoms with Crippen LogP contribution >= 0.6 is 0 Å². The second-order valence-electron chi connectivity index (χ2n) is 5.49. The van der Waals surface area contributed by atoms with Gasteiger partial charge in [0, 0.05) is 32.4 Å². The van der Waals surface area contributed by atoms with Gasteiger partial charge in [-0.3, -0.25) is 9.88 Å². The molecule has 1 aromatic heterocycles. The minimum absolute atomic E-state index is 0.188. The van der Waals surface area contributed by atoms with E-state index in [-0.39, 0.29) is 18.2 Å². The molecule has 6 nitrogen and oxygen atoms in total. The van der Waals surface area contributed by atoms with Crippen molar-refractivity contribution < 1.29 is 9.53 Å². The molecule has 0 unspecified atom stereocenters. The largest absolute Gasteiger partial charge is 0.373 e. The van der Waals surface area contributed by atoms with E-state index in [2.05, 4.69) is 34.4 Å². The number of anilines is 1. The van der Waals surface area contributed by atoms with Crippen LogP contribution in [0.2, 0.25) is 0 Å². The molecule has 0 aliphatic carbocycles. The van der Waals surface area contributed by atoms with Gasteiger partial charge in [-0.2, -0.15) is 0 Å².